The van der Waals surface area contributed by atoms with Crippen LogP contribution in [-0.4, -0.2) is 24.1 Å². The smallest absolute Gasteiger partial charge is 0.206 e. The summed E-state index contributed by atoms with van der Waals surface area (Å²) in [5.41, 5.74) is 0. The monoisotopic (exact) mass is 228 g/mol. The lowest BCUT2D eigenvalue weighted by Gasteiger charge is -2.02. The first-order valence-electron chi connectivity index (χ1n) is 5.33. The van der Waals surface area contributed by atoms with Gasteiger partial charge in [0.2, 0.25) is 6.33 Å². The molecule has 0 amide bonds. The van der Waals surface area contributed by atoms with E-state index in [9.17, 15) is 0 Å². The van der Waals surface area contributed by atoms with Crippen LogP contribution >= 0.6 is 0 Å². The first-order valence-corrected chi connectivity index (χ1v) is 5.33. The standard InChI is InChI=1S/C11H12N6/c1-3-12-16(5-1)10-14-7-8-15(9-14)11-17-6-2-4-13-17/h1-8H,10-11H2. The zero-order valence-corrected chi connectivity index (χ0v) is 9.22. The molecule has 0 unspecified atom stereocenters. The first-order chi connectivity index (χ1) is 8.40. The van der Waals surface area contributed by atoms with Gasteiger partial charge in [-0.2, -0.15) is 10.2 Å². The van der Waals surface area contributed by atoms with Crippen LogP contribution in [0, 0.1) is 6.33 Å². The SMILES string of the molecule is [c-]1n(Cn2cccn2)cc[n+]1Cn1cccn1. The van der Waals surface area contributed by atoms with Crippen LogP contribution in [-0.2, 0) is 13.3 Å². The van der Waals surface area contributed by atoms with E-state index in [1.54, 1.807) is 12.4 Å². The summed E-state index contributed by atoms with van der Waals surface area (Å²) in [7, 11) is 0. The summed E-state index contributed by atoms with van der Waals surface area (Å²) in [5.74, 6) is 0. The number of imidazole rings is 1. The molecule has 3 heterocycles. The van der Waals surface area contributed by atoms with Gasteiger partial charge in [-0.3, -0.25) is 0 Å². The first kappa shape index (κ1) is 9.83. The highest BCUT2D eigenvalue weighted by Gasteiger charge is 1.98. The summed E-state index contributed by atoms with van der Waals surface area (Å²) in [5, 5.41) is 8.29. The molecular weight excluding hydrogens is 216 g/mol. The Labute approximate surface area is 98.3 Å². The second-order valence-electron chi connectivity index (χ2n) is 3.71. The van der Waals surface area contributed by atoms with Crippen molar-refractivity contribution in [2.24, 2.45) is 0 Å². The molecule has 0 aromatic carbocycles. The fourth-order valence-corrected chi connectivity index (χ4v) is 1.63. The lowest BCUT2D eigenvalue weighted by molar-refractivity contribution is -0.706. The minimum atomic E-state index is 0.666. The quantitative estimate of drug-likeness (QED) is 0.465. The number of nitrogens with zero attached hydrogens (tertiary/aromatic N) is 6. The molecule has 0 aliphatic heterocycles. The maximum Gasteiger partial charge on any atom is 0.206 e. The summed E-state index contributed by atoms with van der Waals surface area (Å²) < 4.78 is 7.57. The van der Waals surface area contributed by atoms with Crippen LogP contribution in [0.15, 0.2) is 49.3 Å². The fraction of sp³-hybridized carbons (Fsp3) is 0.182. The van der Waals surface area contributed by atoms with Gasteiger partial charge in [-0.05, 0) is 24.5 Å². The van der Waals surface area contributed by atoms with E-state index in [1.807, 2.05) is 55.4 Å². The molecule has 0 fully saturated rings. The molecular formula is C11H12N6. The Bertz CT molecular complexity index is 512. The topological polar surface area (TPSA) is 44.5 Å². The maximum atomic E-state index is 4.15. The van der Waals surface area contributed by atoms with E-state index in [2.05, 4.69) is 16.5 Å². The number of hydrogen-bond donors (Lipinski definition) is 0. The normalized spacial score (nSPS) is 10.8. The number of rotatable bonds is 4. The maximum absolute atomic E-state index is 4.15. The molecule has 3 rings (SSSR count). The molecule has 0 aliphatic rings. The summed E-state index contributed by atoms with van der Waals surface area (Å²) in [6.45, 7) is 1.33. The van der Waals surface area contributed by atoms with Crippen LogP contribution in [0.5, 0.6) is 0 Å². The van der Waals surface area contributed by atoms with Crippen molar-refractivity contribution in [3.05, 3.63) is 55.6 Å². The fourth-order valence-electron chi connectivity index (χ4n) is 1.63. The third kappa shape index (κ3) is 2.25. The van der Waals surface area contributed by atoms with Crippen LogP contribution in [0.2, 0.25) is 0 Å². The molecule has 0 atom stereocenters. The molecule has 6 heteroatoms. The molecule has 3 aromatic rings. The largest absolute Gasteiger partial charge is 0.333 e. The summed E-state index contributed by atoms with van der Waals surface area (Å²) >= 11 is 0. The van der Waals surface area contributed by atoms with Crippen LogP contribution in [0.1, 0.15) is 0 Å². The minimum absolute atomic E-state index is 0.666. The van der Waals surface area contributed by atoms with Gasteiger partial charge in [-0.15, -0.1) is 0 Å². The van der Waals surface area contributed by atoms with Gasteiger partial charge in [0.05, 0.1) is 0 Å². The van der Waals surface area contributed by atoms with E-state index in [0.717, 1.165) is 0 Å². The Kier molecular flexibility index (Phi) is 2.45. The van der Waals surface area contributed by atoms with Crippen molar-refractivity contribution in [1.82, 2.24) is 24.1 Å². The Morgan fingerprint density at radius 3 is 2.47 bits per heavy atom. The lowest BCUT2D eigenvalue weighted by atomic mass is 10.7. The van der Waals surface area contributed by atoms with Crippen molar-refractivity contribution in [3.63, 3.8) is 0 Å². The molecule has 86 valence electrons. The molecule has 0 N–H and O–H groups in total. The van der Waals surface area contributed by atoms with Crippen molar-refractivity contribution in [1.29, 1.82) is 0 Å². The molecule has 0 bridgehead atoms. The zero-order chi connectivity index (χ0) is 11.5. The highest BCUT2D eigenvalue weighted by Crippen LogP contribution is 1.89. The number of aromatic nitrogens is 6. The third-order valence-corrected chi connectivity index (χ3v) is 2.40. The van der Waals surface area contributed by atoms with Crippen molar-refractivity contribution in [2.75, 3.05) is 0 Å². The van der Waals surface area contributed by atoms with Crippen molar-refractivity contribution >= 4 is 0 Å². The Morgan fingerprint density at radius 2 is 1.76 bits per heavy atom. The van der Waals surface area contributed by atoms with E-state index in [0.29, 0.717) is 13.3 Å². The van der Waals surface area contributed by atoms with Crippen LogP contribution in [0.3, 0.4) is 0 Å². The van der Waals surface area contributed by atoms with Crippen molar-refractivity contribution in [2.45, 2.75) is 13.3 Å². The van der Waals surface area contributed by atoms with E-state index < -0.39 is 0 Å². The second-order valence-corrected chi connectivity index (χ2v) is 3.71. The van der Waals surface area contributed by atoms with Gasteiger partial charge < -0.3 is 9.13 Å². The predicted octanol–water partition coefficient (Wildman–Crippen LogP) is -0.0196. The zero-order valence-electron chi connectivity index (χ0n) is 9.22. The van der Waals surface area contributed by atoms with E-state index in [4.69, 9.17) is 0 Å². The molecule has 0 saturated carbocycles. The summed E-state index contributed by atoms with van der Waals surface area (Å²) in [4.78, 5) is 0. The third-order valence-electron chi connectivity index (χ3n) is 2.40. The molecule has 0 radical (unpaired) electrons. The van der Waals surface area contributed by atoms with Crippen LogP contribution in [0.4, 0.5) is 0 Å². The van der Waals surface area contributed by atoms with Crippen molar-refractivity contribution < 1.29 is 4.57 Å². The van der Waals surface area contributed by atoms with Gasteiger partial charge in [0.25, 0.3) is 0 Å². The Balaban J connectivity index is 1.70. The Morgan fingerprint density at radius 1 is 1.00 bits per heavy atom. The highest BCUT2D eigenvalue weighted by molar-refractivity contribution is 4.79. The summed E-state index contributed by atoms with van der Waals surface area (Å²) in [6.07, 6.45) is 14.5. The van der Waals surface area contributed by atoms with Gasteiger partial charge in [0.1, 0.15) is 0 Å². The molecule has 3 aromatic heterocycles. The van der Waals surface area contributed by atoms with Crippen LogP contribution < -0.4 is 4.57 Å². The number of hydrogen-bond acceptors (Lipinski definition) is 2. The highest BCUT2D eigenvalue weighted by atomic mass is 15.4. The summed E-state index contributed by atoms with van der Waals surface area (Å²) in [6, 6.07) is 3.81. The van der Waals surface area contributed by atoms with Crippen molar-refractivity contribution in [3.8, 4) is 0 Å². The second kappa shape index (κ2) is 4.25. The average Bonchev–Trinajstić information content (AvgIpc) is 3.02. The van der Waals surface area contributed by atoms with Gasteiger partial charge in [-0.1, -0.05) is 0 Å². The Hall–Kier alpha value is -2.37. The molecule has 0 aliphatic carbocycles. The lowest BCUT2D eigenvalue weighted by Crippen LogP contribution is -2.36. The van der Waals surface area contributed by atoms with Gasteiger partial charge >= 0.3 is 0 Å². The minimum Gasteiger partial charge on any atom is -0.333 e. The molecule has 0 spiro atoms. The van der Waals surface area contributed by atoms with E-state index in [-0.39, 0.29) is 0 Å². The molecule has 6 nitrogen and oxygen atoms in total. The van der Waals surface area contributed by atoms with Gasteiger partial charge in [0.15, 0.2) is 13.3 Å². The van der Waals surface area contributed by atoms with Gasteiger partial charge in [0, 0.05) is 24.8 Å². The van der Waals surface area contributed by atoms with E-state index >= 15 is 0 Å². The molecule has 0 saturated heterocycles. The predicted molar refractivity (Wildman–Crippen MR) is 58.7 cm³/mol. The van der Waals surface area contributed by atoms with Crippen LogP contribution in [0.25, 0.3) is 0 Å². The van der Waals surface area contributed by atoms with Gasteiger partial charge in [-0.25, -0.2) is 9.36 Å². The average molecular weight is 228 g/mol. The van der Waals surface area contributed by atoms with E-state index in [1.165, 1.54) is 0 Å². The molecule has 17 heavy (non-hydrogen) atoms.